The van der Waals surface area contributed by atoms with E-state index in [1.165, 1.54) is 10.4 Å². The van der Waals surface area contributed by atoms with Crippen molar-refractivity contribution in [2.75, 3.05) is 6.54 Å². The Hall–Kier alpha value is -1.98. The van der Waals surface area contributed by atoms with Crippen LogP contribution in [0, 0.1) is 6.92 Å². The predicted molar refractivity (Wildman–Crippen MR) is 95.9 cm³/mol. The fourth-order valence-corrected chi connectivity index (χ4v) is 3.82. The van der Waals surface area contributed by atoms with Crippen LogP contribution < -0.4 is 4.80 Å². The van der Waals surface area contributed by atoms with E-state index in [0.717, 1.165) is 22.6 Å². The number of thiazole rings is 1. The van der Waals surface area contributed by atoms with Gasteiger partial charge in [0.15, 0.2) is 0 Å². The molecule has 0 spiro atoms. The first-order valence-corrected chi connectivity index (χ1v) is 8.90. The SMILES string of the molecule is CCN=c1scc(-c2cccs2)n1N=Cc1cccc(C)c1. The van der Waals surface area contributed by atoms with Crippen LogP contribution >= 0.6 is 22.7 Å². The molecule has 0 radical (unpaired) electrons. The molecule has 5 heteroatoms. The summed E-state index contributed by atoms with van der Waals surface area (Å²) in [5, 5.41) is 8.87. The zero-order valence-electron chi connectivity index (χ0n) is 12.6. The quantitative estimate of drug-likeness (QED) is 0.636. The van der Waals surface area contributed by atoms with Crippen molar-refractivity contribution in [3.8, 4) is 10.6 Å². The molecule has 2 aromatic heterocycles. The molecular weight excluding hydrogens is 310 g/mol. The van der Waals surface area contributed by atoms with Gasteiger partial charge in [-0.3, -0.25) is 4.99 Å². The number of nitrogens with zero attached hydrogens (tertiary/aromatic N) is 3. The van der Waals surface area contributed by atoms with Crippen molar-refractivity contribution in [3.63, 3.8) is 0 Å². The fraction of sp³-hybridized carbons (Fsp3) is 0.176. The summed E-state index contributed by atoms with van der Waals surface area (Å²) in [5.41, 5.74) is 3.42. The van der Waals surface area contributed by atoms with Crippen LogP contribution in [0.2, 0.25) is 0 Å². The van der Waals surface area contributed by atoms with Gasteiger partial charge in [-0.1, -0.05) is 35.9 Å². The Labute approximate surface area is 137 Å². The summed E-state index contributed by atoms with van der Waals surface area (Å²) in [7, 11) is 0. The maximum atomic E-state index is 4.67. The third-order valence-corrected chi connectivity index (χ3v) is 4.86. The molecule has 1 aromatic carbocycles. The minimum Gasteiger partial charge on any atom is -0.258 e. The third-order valence-electron chi connectivity index (χ3n) is 3.12. The molecule has 0 amide bonds. The maximum absolute atomic E-state index is 4.67. The van der Waals surface area contributed by atoms with Crippen LogP contribution in [0.15, 0.2) is 57.3 Å². The topological polar surface area (TPSA) is 29.6 Å². The molecule has 0 aliphatic rings. The summed E-state index contributed by atoms with van der Waals surface area (Å²) in [4.78, 5) is 6.67. The van der Waals surface area contributed by atoms with E-state index in [0.29, 0.717) is 0 Å². The van der Waals surface area contributed by atoms with Gasteiger partial charge in [-0.15, -0.1) is 22.7 Å². The second-order valence-corrected chi connectivity index (χ2v) is 6.61. The highest BCUT2D eigenvalue weighted by molar-refractivity contribution is 7.14. The minimum atomic E-state index is 0.754. The zero-order chi connectivity index (χ0) is 15.4. The van der Waals surface area contributed by atoms with Crippen molar-refractivity contribution in [1.82, 2.24) is 4.68 Å². The number of benzene rings is 1. The van der Waals surface area contributed by atoms with Crippen LogP contribution in [0.5, 0.6) is 0 Å². The van der Waals surface area contributed by atoms with Crippen molar-refractivity contribution in [3.05, 3.63) is 63.1 Å². The Kier molecular flexibility index (Phi) is 4.65. The van der Waals surface area contributed by atoms with Crippen LogP contribution in [0.4, 0.5) is 0 Å². The first kappa shape index (κ1) is 14.9. The highest BCUT2D eigenvalue weighted by Crippen LogP contribution is 2.25. The maximum Gasteiger partial charge on any atom is 0.206 e. The van der Waals surface area contributed by atoms with Crippen molar-refractivity contribution in [2.45, 2.75) is 13.8 Å². The Morgan fingerprint density at radius 2 is 2.09 bits per heavy atom. The predicted octanol–water partition coefficient (Wildman–Crippen LogP) is 4.39. The first-order valence-electron chi connectivity index (χ1n) is 7.14. The largest absolute Gasteiger partial charge is 0.258 e. The van der Waals surface area contributed by atoms with Gasteiger partial charge < -0.3 is 0 Å². The molecule has 0 fully saturated rings. The highest BCUT2D eigenvalue weighted by Gasteiger charge is 2.07. The number of aromatic nitrogens is 1. The van der Waals surface area contributed by atoms with Crippen LogP contribution in [-0.4, -0.2) is 17.4 Å². The molecule has 0 saturated carbocycles. The second-order valence-electron chi connectivity index (χ2n) is 4.83. The highest BCUT2D eigenvalue weighted by atomic mass is 32.1. The summed E-state index contributed by atoms with van der Waals surface area (Å²) in [6.45, 7) is 4.88. The van der Waals surface area contributed by atoms with E-state index in [4.69, 9.17) is 0 Å². The third kappa shape index (κ3) is 3.26. The lowest BCUT2D eigenvalue weighted by Crippen LogP contribution is -2.12. The molecule has 3 nitrogen and oxygen atoms in total. The zero-order valence-corrected chi connectivity index (χ0v) is 14.2. The smallest absolute Gasteiger partial charge is 0.206 e. The van der Waals surface area contributed by atoms with Crippen molar-refractivity contribution >= 4 is 28.9 Å². The van der Waals surface area contributed by atoms with Gasteiger partial charge in [0.2, 0.25) is 4.80 Å². The van der Waals surface area contributed by atoms with E-state index in [1.807, 2.05) is 23.9 Å². The molecule has 112 valence electrons. The minimum absolute atomic E-state index is 0.754. The fourth-order valence-electron chi connectivity index (χ4n) is 2.12. The number of thiophene rings is 1. The molecule has 0 aliphatic carbocycles. The number of rotatable bonds is 4. The molecular formula is C17H17N3S2. The second kappa shape index (κ2) is 6.85. The van der Waals surface area contributed by atoms with E-state index < -0.39 is 0 Å². The van der Waals surface area contributed by atoms with E-state index >= 15 is 0 Å². The Morgan fingerprint density at radius 3 is 2.82 bits per heavy atom. The molecule has 3 aromatic rings. The molecule has 0 unspecified atom stereocenters. The number of hydrogen-bond acceptors (Lipinski definition) is 4. The van der Waals surface area contributed by atoms with Gasteiger partial charge in [0.05, 0.1) is 16.8 Å². The van der Waals surface area contributed by atoms with E-state index in [9.17, 15) is 0 Å². The molecule has 0 aliphatic heterocycles. The summed E-state index contributed by atoms with van der Waals surface area (Å²) < 4.78 is 1.93. The molecule has 0 saturated heterocycles. The Bertz CT molecular complexity index is 839. The van der Waals surface area contributed by atoms with Crippen LogP contribution in [-0.2, 0) is 0 Å². The van der Waals surface area contributed by atoms with Gasteiger partial charge in [-0.2, -0.15) is 5.10 Å². The van der Waals surface area contributed by atoms with Gasteiger partial charge >= 0.3 is 0 Å². The van der Waals surface area contributed by atoms with Crippen LogP contribution in [0.3, 0.4) is 0 Å². The van der Waals surface area contributed by atoms with Crippen LogP contribution in [0.25, 0.3) is 10.6 Å². The molecule has 0 atom stereocenters. The summed E-state index contributed by atoms with van der Waals surface area (Å²) >= 11 is 3.34. The Balaban J connectivity index is 2.05. The van der Waals surface area contributed by atoms with Gasteiger partial charge in [-0.05, 0) is 30.9 Å². The van der Waals surface area contributed by atoms with Gasteiger partial charge in [0.1, 0.15) is 0 Å². The average Bonchev–Trinajstić information content (AvgIpc) is 3.15. The molecule has 22 heavy (non-hydrogen) atoms. The van der Waals surface area contributed by atoms with Crippen LogP contribution in [0.1, 0.15) is 18.1 Å². The van der Waals surface area contributed by atoms with Crippen molar-refractivity contribution < 1.29 is 0 Å². The summed E-state index contributed by atoms with van der Waals surface area (Å²) in [5.74, 6) is 0. The Morgan fingerprint density at radius 1 is 1.18 bits per heavy atom. The first-order chi connectivity index (χ1) is 10.8. The van der Waals surface area contributed by atoms with E-state index in [-0.39, 0.29) is 0 Å². The van der Waals surface area contributed by atoms with E-state index in [2.05, 4.69) is 58.1 Å². The lowest BCUT2D eigenvalue weighted by Gasteiger charge is -2.01. The van der Waals surface area contributed by atoms with E-state index in [1.54, 1.807) is 22.7 Å². The van der Waals surface area contributed by atoms with Crippen molar-refractivity contribution in [1.29, 1.82) is 0 Å². The van der Waals surface area contributed by atoms with Gasteiger partial charge in [-0.25, -0.2) is 4.68 Å². The molecule has 0 N–H and O–H groups in total. The lowest BCUT2D eigenvalue weighted by molar-refractivity contribution is 0.834. The molecule has 2 heterocycles. The van der Waals surface area contributed by atoms with Gasteiger partial charge in [0.25, 0.3) is 0 Å². The standard InChI is InChI=1S/C17H17N3S2/c1-3-18-17-20(15(12-22-17)16-8-5-9-21-16)19-11-14-7-4-6-13(2)10-14/h4-12H,3H2,1-2H3. The molecule has 0 bridgehead atoms. The number of aryl methyl sites for hydroxylation is 1. The monoisotopic (exact) mass is 327 g/mol. The van der Waals surface area contributed by atoms with Crippen molar-refractivity contribution in [2.24, 2.45) is 10.1 Å². The normalized spacial score (nSPS) is 12.4. The lowest BCUT2D eigenvalue weighted by atomic mass is 10.2. The average molecular weight is 327 g/mol. The summed E-state index contributed by atoms with van der Waals surface area (Å²) in [6.07, 6.45) is 1.89. The summed E-state index contributed by atoms with van der Waals surface area (Å²) in [6, 6.07) is 12.5. The van der Waals surface area contributed by atoms with Gasteiger partial charge in [0, 0.05) is 11.9 Å². The molecule has 3 rings (SSSR count). The number of hydrogen-bond donors (Lipinski definition) is 0.